The number of hydrogen-bond donors (Lipinski definition) is 1. The van der Waals surface area contributed by atoms with E-state index in [0.717, 1.165) is 55.3 Å². The highest BCUT2D eigenvalue weighted by molar-refractivity contribution is 5.90. The molecule has 1 aliphatic heterocycles. The van der Waals surface area contributed by atoms with Crippen molar-refractivity contribution in [1.82, 2.24) is 9.80 Å². The summed E-state index contributed by atoms with van der Waals surface area (Å²) in [4.78, 5) is 19.1. The molecule has 1 aliphatic rings. The lowest BCUT2D eigenvalue weighted by molar-refractivity contribution is 0.207. The first-order valence-corrected chi connectivity index (χ1v) is 10.8. The number of para-hydroxylation sites is 1. The molecule has 162 valence electrons. The molecule has 1 fully saturated rings. The molecule has 2 aromatic rings. The molecule has 0 unspecified atom stereocenters. The number of nitrogens with one attached hydrogen (secondary N) is 1. The van der Waals surface area contributed by atoms with Crippen LogP contribution in [0, 0.1) is 13.8 Å². The molecule has 0 aliphatic carbocycles. The summed E-state index contributed by atoms with van der Waals surface area (Å²) in [6, 6.07) is 14.0. The molecule has 2 aromatic carbocycles. The molecule has 0 spiro atoms. The topological polar surface area (TPSA) is 48.0 Å². The molecular weight excluding hydrogens is 376 g/mol. The predicted octanol–water partition coefficient (Wildman–Crippen LogP) is 3.99. The van der Waals surface area contributed by atoms with Gasteiger partial charge in [-0.05, 0) is 55.8 Å². The molecule has 0 saturated carbocycles. The summed E-state index contributed by atoms with van der Waals surface area (Å²) in [6.07, 6.45) is 0. The number of hydrogen-bond acceptors (Lipinski definition) is 4. The fraction of sp³-hybridized carbons (Fsp3) is 0.458. The summed E-state index contributed by atoms with van der Waals surface area (Å²) < 4.78 is 5.80. The minimum atomic E-state index is -0.129. The molecule has 0 aromatic heterocycles. The van der Waals surface area contributed by atoms with Crippen molar-refractivity contribution in [2.75, 3.05) is 63.1 Å². The predicted molar refractivity (Wildman–Crippen MR) is 124 cm³/mol. The van der Waals surface area contributed by atoms with E-state index in [1.807, 2.05) is 44.2 Å². The summed E-state index contributed by atoms with van der Waals surface area (Å²) in [5, 5.41) is 3.02. The van der Waals surface area contributed by atoms with E-state index < -0.39 is 0 Å². The van der Waals surface area contributed by atoms with Gasteiger partial charge in [0.15, 0.2) is 0 Å². The zero-order valence-corrected chi connectivity index (χ0v) is 18.6. The molecule has 30 heavy (non-hydrogen) atoms. The monoisotopic (exact) mass is 410 g/mol. The van der Waals surface area contributed by atoms with Crippen LogP contribution in [0.15, 0.2) is 42.5 Å². The third-order valence-corrected chi connectivity index (χ3v) is 5.76. The average molecular weight is 411 g/mol. The van der Waals surface area contributed by atoms with Crippen LogP contribution < -0.4 is 15.0 Å². The highest BCUT2D eigenvalue weighted by atomic mass is 16.5. The second kappa shape index (κ2) is 10.3. The van der Waals surface area contributed by atoms with E-state index in [4.69, 9.17) is 4.74 Å². The number of urea groups is 1. The normalized spacial score (nSPS) is 14.5. The number of piperazine rings is 1. The summed E-state index contributed by atoms with van der Waals surface area (Å²) in [6.45, 7) is 12.6. The molecule has 1 heterocycles. The first-order chi connectivity index (χ1) is 14.5. The molecule has 3 rings (SSSR count). The fourth-order valence-corrected chi connectivity index (χ4v) is 3.63. The Bertz CT molecular complexity index is 847. The van der Waals surface area contributed by atoms with Crippen LogP contribution in [0.4, 0.5) is 16.2 Å². The van der Waals surface area contributed by atoms with Crippen molar-refractivity contribution in [3.05, 3.63) is 53.6 Å². The molecule has 6 nitrogen and oxygen atoms in total. The average Bonchev–Trinajstić information content (AvgIpc) is 2.76. The van der Waals surface area contributed by atoms with Crippen LogP contribution in [-0.2, 0) is 0 Å². The van der Waals surface area contributed by atoms with Gasteiger partial charge in [-0.1, -0.05) is 25.1 Å². The van der Waals surface area contributed by atoms with Gasteiger partial charge >= 0.3 is 6.03 Å². The summed E-state index contributed by atoms with van der Waals surface area (Å²) >= 11 is 0. The number of carbonyl (C=O) groups is 1. The summed E-state index contributed by atoms with van der Waals surface area (Å²) in [5.41, 5.74) is 4.24. The Balaban J connectivity index is 1.50. The maximum absolute atomic E-state index is 12.6. The number of anilines is 2. The van der Waals surface area contributed by atoms with Gasteiger partial charge in [-0.3, -0.25) is 0 Å². The standard InChI is InChI=1S/C24H34N4O2/c1-5-27-12-14-28(15-13-27)21-10-11-22(20(3)18-21)25-24(29)26(4)16-17-30-23-9-7-6-8-19(23)2/h6-11,18H,5,12-17H2,1-4H3,(H,25,29). The highest BCUT2D eigenvalue weighted by Crippen LogP contribution is 2.24. The largest absolute Gasteiger partial charge is 0.491 e. The summed E-state index contributed by atoms with van der Waals surface area (Å²) in [7, 11) is 1.79. The van der Waals surface area contributed by atoms with Crippen LogP contribution in [0.25, 0.3) is 0 Å². The zero-order valence-electron chi connectivity index (χ0n) is 18.6. The van der Waals surface area contributed by atoms with Gasteiger partial charge in [0.1, 0.15) is 12.4 Å². The van der Waals surface area contributed by atoms with Gasteiger partial charge in [0.05, 0.1) is 6.54 Å². The van der Waals surface area contributed by atoms with Crippen molar-refractivity contribution in [1.29, 1.82) is 0 Å². The van der Waals surface area contributed by atoms with Crippen molar-refractivity contribution in [3.63, 3.8) is 0 Å². The second-order valence-electron chi connectivity index (χ2n) is 7.89. The third-order valence-electron chi connectivity index (χ3n) is 5.76. The Morgan fingerprint density at radius 1 is 1.07 bits per heavy atom. The van der Waals surface area contributed by atoms with Gasteiger partial charge in [-0.2, -0.15) is 0 Å². The number of carbonyl (C=O) groups excluding carboxylic acids is 1. The van der Waals surface area contributed by atoms with Crippen molar-refractivity contribution in [3.8, 4) is 5.75 Å². The molecule has 1 saturated heterocycles. The Morgan fingerprint density at radius 2 is 1.80 bits per heavy atom. The number of benzene rings is 2. The van der Waals surface area contributed by atoms with Crippen molar-refractivity contribution >= 4 is 17.4 Å². The molecule has 1 N–H and O–H groups in total. The molecule has 0 atom stereocenters. The Morgan fingerprint density at radius 3 is 2.47 bits per heavy atom. The van der Waals surface area contributed by atoms with Crippen LogP contribution in [0.3, 0.4) is 0 Å². The lowest BCUT2D eigenvalue weighted by Crippen LogP contribution is -2.46. The van der Waals surface area contributed by atoms with Gasteiger partial charge in [0.2, 0.25) is 0 Å². The zero-order chi connectivity index (χ0) is 21.5. The van der Waals surface area contributed by atoms with Crippen LogP contribution >= 0.6 is 0 Å². The van der Waals surface area contributed by atoms with E-state index in [-0.39, 0.29) is 6.03 Å². The molecule has 0 radical (unpaired) electrons. The second-order valence-corrected chi connectivity index (χ2v) is 7.89. The Labute approximate surface area is 180 Å². The first kappa shape index (κ1) is 22.0. The number of ether oxygens (including phenoxy) is 1. The number of nitrogens with zero attached hydrogens (tertiary/aromatic N) is 3. The van der Waals surface area contributed by atoms with Crippen LogP contribution in [0.1, 0.15) is 18.1 Å². The fourth-order valence-electron chi connectivity index (χ4n) is 3.63. The third kappa shape index (κ3) is 5.66. The van der Waals surface area contributed by atoms with Crippen LogP contribution in [-0.4, -0.2) is 68.8 Å². The minimum absolute atomic E-state index is 0.129. The van der Waals surface area contributed by atoms with Gasteiger partial charge in [-0.15, -0.1) is 0 Å². The number of likely N-dealkylation sites (N-methyl/N-ethyl adjacent to an activating group) is 2. The van der Waals surface area contributed by atoms with Crippen molar-refractivity contribution < 1.29 is 9.53 Å². The Hall–Kier alpha value is -2.73. The molecule has 0 bridgehead atoms. The number of amides is 2. The van der Waals surface area contributed by atoms with Crippen LogP contribution in [0.2, 0.25) is 0 Å². The maximum atomic E-state index is 12.6. The Kier molecular flexibility index (Phi) is 7.57. The van der Waals surface area contributed by atoms with E-state index >= 15 is 0 Å². The van der Waals surface area contributed by atoms with Gasteiger partial charge < -0.3 is 24.8 Å². The molecule has 6 heteroatoms. The quantitative estimate of drug-likeness (QED) is 0.750. The van der Waals surface area contributed by atoms with E-state index in [2.05, 4.69) is 34.2 Å². The minimum Gasteiger partial charge on any atom is -0.491 e. The van der Waals surface area contributed by atoms with E-state index in [9.17, 15) is 4.79 Å². The lowest BCUT2D eigenvalue weighted by atomic mass is 10.1. The molecule has 2 amide bonds. The van der Waals surface area contributed by atoms with Crippen molar-refractivity contribution in [2.24, 2.45) is 0 Å². The van der Waals surface area contributed by atoms with Crippen LogP contribution in [0.5, 0.6) is 5.75 Å². The lowest BCUT2D eigenvalue weighted by Gasteiger charge is -2.35. The van der Waals surface area contributed by atoms with Gasteiger partial charge in [0.25, 0.3) is 0 Å². The SMILES string of the molecule is CCN1CCN(c2ccc(NC(=O)N(C)CCOc3ccccc3C)c(C)c2)CC1. The number of aryl methyl sites for hydroxylation is 2. The highest BCUT2D eigenvalue weighted by Gasteiger charge is 2.17. The number of rotatable bonds is 7. The van der Waals surface area contributed by atoms with Gasteiger partial charge in [-0.25, -0.2) is 4.79 Å². The maximum Gasteiger partial charge on any atom is 0.321 e. The molecular formula is C24H34N4O2. The van der Waals surface area contributed by atoms with E-state index in [0.29, 0.717) is 13.2 Å². The van der Waals surface area contributed by atoms with Gasteiger partial charge in [0, 0.05) is 44.6 Å². The smallest absolute Gasteiger partial charge is 0.321 e. The van der Waals surface area contributed by atoms with E-state index in [1.54, 1.807) is 11.9 Å². The van der Waals surface area contributed by atoms with Crippen molar-refractivity contribution in [2.45, 2.75) is 20.8 Å². The van der Waals surface area contributed by atoms with E-state index in [1.165, 1.54) is 5.69 Å². The first-order valence-electron chi connectivity index (χ1n) is 10.8. The summed E-state index contributed by atoms with van der Waals surface area (Å²) in [5.74, 6) is 0.859.